The molecule has 1 aromatic carbocycles. The van der Waals surface area contributed by atoms with Crippen LogP contribution in [0.25, 0.3) is 0 Å². The van der Waals surface area contributed by atoms with Gasteiger partial charge in [-0.3, -0.25) is 9.82 Å². The Labute approximate surface area is 116 Å². The first-order valence-corrected chi connectivity index (χ1v) is 7.39. The fraction of sp³-hybridized carbons (Fsp3) is 0.250. The van der Waals surface area contributed by atoms with E-state index in [0.29, 0.717) is 23.6 Å². The summed E-state index contributed by atoms with van der Waals surface area (Å²) >= 11 is 0. The highest BCUT2D eigenvalue weighted by atomic mass is 32.2. The van der Waals surface area contributed by atoms with Crippen molar-refractivity contribution in [1.82, 2.24) is 15.5 Å². The lowest BCUT2D eigenvalue weighted by molar-refractivity contribution is 0.598. The lowest BCUT2D eigenvalue weighted by Crippen LogP contribution is -2.17. The number of nitrogens with zero attached hydrogens (tertiary/aromatic N) is 1. The van der Waals surface area contributed by atoms with Gasteiger partial charge >= 0.3 is 0 Å². The Kier molecular flexibility index (Phi) is 4.05. The highest BCUT2D eigenvalue weighted by Gasteiger charge is 2.24. The first-order valence-electron chi connectivity index (χ1n) is 5.91. The standard InChI is InChI=1S/C12H15FN4O2S/c1-8-12(11(7-14-2)16-15-8)20(18,19)17-10-5-3-9(13)4-6-10/h3-6,14,17H,7H2,1-2H3,(H,15,16). The van der Waals surface area contributed by atoms with Crippen molar-refractivity contribution in [3.63, 3.8) is 0 Å². The third-order valence-electron chi connectivity index (χ3n) is 2.67. The maximum Gasteiger partial charge on any atom is 0.265 e. The summed E-state index contributed by atoms with van der Waals surface area (Å²) in [7, 11) is -2.07. The first kappa shape index (κ1) is 14.5. The molecule has 0 unspecified atom stereocenters. The van der Waals surface area contributed by atoms with Gasteiger partial charge in [0.2, 0.25) is 0 Å². The SMILES string of the molecule is CNCc1n[nH]c(C)c1S(=O)(=O)Nc1ccc(F)cc1. The molecule has 1 aromatic heterocycles. The molecule has 0 fully saturated rings. The Morgan fingerprint density at radius 3 is 2.55 bits per heavy atom. The summed E-state index contributed by atoms with van der Waals surface area (Å²) < 4.78 is 40.0. The normalized spacial score (nSPS) is 11.6. The minimum absolute atomic E-state index is 0.108. The van der Waals surface area contributed by atoms with E-state index in [1.54, 1.807) is 14.0 Å². The van der Waals surface area contributed by atoms with Crippen molar-refractivity contribution in [2.24, 2.45) is 0 Å². The zero-order valence-corrected chi connectivity index (χ0v) is 11.9. The molecule has 0 spiro atoms. The topological polar surface area (TPSA) is 86.9 Å². The van der Waals surface area contributed by atoms with Crippen LogP contribution in [-0.4, -0.2) is 25.7 Å². The number of aromatic nitrogens is 2. The van der Waals surface area contributed by atoms with Crippen LogP contribution in [0.5, 0.6) is 0 Å². The van der Waals surface area contributed by atoms with Gasteiger partial charge in [0.25, 0.3) is 10.0 Å². The van der Waals surface area contributed by atoms with E-state index in [1.165, 1.54) is 24.3 Å². The molecular formula is C12H15FN4O2S. The zero-order valence-electron chi connectivity index (χ0n) is 11.1. The second-order valence-electron chi connectivity index (χ2n) is 4.27. The third-order valence-corrected chi connectivity index (χ3v) is 4.25. The van der Waals surface area contributed by atoms with Crippen LogP contribution < -0.4 is 10.0 Å². The molecular weight excluding hydrogens is 283 g/mol. The molecule has 8 heteroatoms. The maximum atomic E-state index is 12.8. The van der Waals surface area contributed by atoms with Gasteiger partial charge < -0.3 is 5.32 Å². The summed E-state index contributed by atoms with van der Waals surface area (Å²) in [6.45, 7) is 1.95. The number of nitrogens with one attached hydrogen (secondary N) is 3. The number of sulfonamides is 1. The van der Waals surface area contributed by atoms with Crippen molar-refractivity contribution in [3.05, 3.63) is 41.5 Å². The number of hydrogen-bond acceptors (Lipinski definition) is 4. The quantitative estimate of drug-likeness (QED) is 0.778. The maximum absolute atomic E-state index is 12.8. The molecule has 0 saturated heterocycles. The van der Waals surface area contributed by atoms with Crippen LogP contribution in [0, 0.1) is 12.7 Å². The number of halogens is 1. The number of anilines is 1. The highest BCUT2D eigenvalue weighted by molar-refractivity contribution is 7.92. The van der Waals surface area contributed by atoms with E-state index < -0.39 is 15.8 Å². The molecule has 108 valence electrons. The molecule has 0 bridgehead atoms. The molecule has 2 aromatic rings. The van der Waals surface area contributed by atoms with E-state index in [9.17, 15) is 12.8 Å². The van der Waals surface area contributed by atoms with Gasteiger partial charge in [-0.05, 0) is 38.2 Å². The number of aryl methyl sites for hydroxylation is 1. The van der Waals surface area contributed by atoms with Crippen LogP contribution in [0.15, 0.2) is 29.2 Å². The van der Waals surface area contributed by atoms with E-state index in [1.807, 2.05) is 0 Å². The summed E-state index contributed by atoms with van der Waals surface area (Å²) in [6, 6.07) is 5.10. The van der Waals surface area contributed by atoms with Gasteiger partial charge in [0, 0.05) is 12.2 Å². The van der Waals surface area contributed by atoms with Gasteiger partial charge in [-0.15, -0.1) is 0 Å². The Morgan fingerprint density at radius 1 is 1.30 bits per heavy atom. The largest absolute Gasteiger partial charge is 0.314 e. The van der Waals surface area contributed by atoms with Crippen LogP contribution in [0.1, 0.15) is 11.4 Å². The lowest BCUT2D eigenvalue weighted by atomic mass is 10.3. The number of benzene rings is 1. The van der Waals surface area contributed by atoms with Crippen LogP contribution in [-0.2, 0) is 16.6 Å². The molecule has 1 heterocycles. The number of H-pyrrole nitrogens is 1. The summed E-state index contributed by atoms with van der Waals surface area (Å²) in [5.41, 5.74) is 1.15. The van der Waals surface area contributed by atoms with Crippen LogP contribution in [0.2, 0.25) is 0 Å². The minimum atomic E-state index is -3.77. The summed E-state index contributed by atoms with van der Waals surface area (Å²) in [6.07, 6.45) is 0. The summed E-state index contributed by atoms with van der Waals surface area (Å²) in [5, 5.41) is 9.47. The van der Waals surface area contributed by atoms with E-state index in [-0.39, 0.29) is 4.90 Å². The molecule has 0 atom stereocenters. The smallest absolute Gasteiger partial charge is 0.265 e. The van der Waals surface area contributed by atoms with Gasteiger partial charge in [-0.1, -0.05) is 0 Å². The molecule has 20 heavy (non-hydrogen) atoms. The summed E-state index contributed by atoms with van der Waals surface area (Å²) in [5.74, 6) is -0.427. The van der Waals surface area contributed by atoms with E-state index in [2.05, 4.69) is 20.2 Å². The number of aromatic amines is 1. The molecule has 0 saturated carbocycles. The summed E-state index contributed by atoms with van der Waals surface area (Å²) in [4.78, 5) is 0.108. The molecule has 6 nitrogen and oxygen atoms in total. The Hall–Kier alpha value is -1.93. The Balaban J connectivity index is 2.35. The van der Waals surface area contributed by atoms with Gasteiger partial charge in [-0.25, -0.2) is 12.8 Å². The monoisotopic (exact) mass is 298 g/mol. The fourth-order valence-corrected chi connectivity index (χ4v) is 3.26. The fourth-order valence-electron chi connectivity index (χ4n) is 1.84. The van der Waals surface area contributed by atoms with Crippen molar-refractivity contribution in [2.75, 3.05) is 11.8 Å². The van der Waals surface area contributed by atoms with Crippen LogP contribution >= 0.6 is 0 Å². The van der Waals surface area contributed by atoms with Crippen molar-refractivity contribution in [2.45, 2.75) is 18.4 Å². The third kappa shape index (κ3) is 2.97. The van der Waals surface area contributed by atoms with E-state index in [0.717, 1.165) is 0 Å². The van der Waals surface area contributed by atoms with Crippen molar-refractivity contribution in [1.29, 1.82) is 0 Å². The lowest BCUT2D eigenvalue weighted by Gasteiger charge is -2.09. The van der Waals surface area contributed by atoms with Gasteiger partial charge in [0.1, 0.15) is 10.7 Å². The molecule has 0 aliphatic heterocycles. The van der Waals surface area contributed by atoms with Gasteiger partial charge in [-0.2, -0.15) is 5.10 Å². The first-order chi connectivity index (χ1) is 9.44. The van der Waals surface area contributed by atoms with Gasteiger partial charge in [0.05, 0.1) is 11.4 Å². The highest BCUT2D eigenvalue weighted by Crippen LogP contribution is 2.21. The number of hydrogen-bond donors (Lipinski definition) is 3. The Morgan fingerprint density at radius 2 is 1.95 bits per heavy atom. The molecule has 3 N–H and O–H groups in total. The molecule has 0 aliphatic rings. The molecule has 0 aliphatic carbocycles. The minimum Gasteiger partial charge on any atom is -0.314 e. The average Bonchev–Trinajstić information content (AvgIpc) is 2.74. The Bertz CT molecular complexity index is 695. The molecule has 0 amide bonds. The van der Waals surface area contributed by atoms with Gasteiger partial charge in [0.15, 0.2) is 0 Å². The number of rotatable bonds is 5. The van der Waals surface area contributed by atoms with E-state index in [4.69, 9.17) is 0 Å². The second-order valence-corrected chi connectivity index (χ2v) is 5.89. The van der Waals surface area contributed by atoms with E-state index >= 15 is 0 Å². The average molecular weight is 298 g/mol. The van der Waals surface area contributed by atoms with Crippen molar-refractivity contribution >= 4 is 15.7 Å². The predicted octanol–water partition coefficient (Wildman–Crippen LogP) is 1.38. The van der Waals surface area contributed by atoms with Crippen molar-refractivity contribution in [3.8, 4) is 0 Å². The van der Waals surface area contributed by atoms with Crippen molar-refractivity contribution < 1.29 is 12.8 Å². The van der Waals surface area contributed by atoms with Crippen LogP contribution in [0.4, 0.5) is 10.1 Å². The predicted molar refractivity (Wildman–Crippen MR) is 73.3 cm³/mol. The van der Waals surface area contributed by atoms with Crippen LogP contribution in [0.3, 0.4) is 0 Å². The molecule has 0 radical (unpaired) electrons. The zero-order chi connectivity index (χ0) is 14.8. The molecule has 2 rings (SSSR count). The second kappa shape index (κ2) is 5.59.